The molecule has 4 heteroatoms. The maximum Gasteiger partial charge on any atom is 0.101 e. The predicted molar refractivity (Wildman–Crippen MR) is 72.4 cm³/mol. The van der Waals surface area contributed by atoms with E-state index in [2.05, 4.69) is 12.2 Å². The SMILES string of the molecule is CCCCCCCCC[C@@]1(CO)NC[C@H](O)[C@H]1O. The van der Waals surface area contributed by atoms with E-state index in [4.69, 9.17) is 0 Å². The minimum absolute atomic E-state index is 0.110. The van der Waals surface area contributed by atoms with Gasteiger partial charge in [0.25, 0.3) is 0 Å². The molecule has 0 amide bonds. The number of β-amino-alcohol motifs (C(OH)–C–C–N with tert-alkyl or cyclic N) is 1. The fraction of sp³-hybridized carbons (Fsp3) is 1.00. The van der Waals surface area contributed by atoms with Crippen LogP contribution < -0.4 is 5.32 Å². The van der Waals surface area contributed by atoms with E-state index in [1.807, 2.05) is 0 Å². The van der Waals surface area contributed by atoms with Gasteiger partial charge in [-0.25, -0.2) is 0 Å². The molecule has 1 aliphatic rings. The Morgan fingerprint density at radius 2 is 1.67 bits per heavy atom. The summed E-state index contributed by atoms with van der Waals surface area (Å²) < 4.78 is 0. The van der Waals surface area contributed by atoms with E-state index in [-0.39, 0.29) is 6.61 Å². The molecule has 1 fully saturated rings. The highest BCUT2D eigenvalue weighted by Gasteiger charge is 2.45. The van der Waals surface area contributed by atoms with Crippen molar-refractivity contribution in [2.75, 3.05) is 13.2 Å². The van der Waals surface area contributed by atoms with Crippen molar-refractivity contribution in [3.05, 3.63) is 0 Å². The van der Waals surface area contributed by atoms with Gasteiger partial charge >= 0.3 is 0 Å². The standard InChI is InChI=1S/C14H29NO3/c1-2-3-4-5-6-7-8-9-14(11-16)13(18)12(17)10-15-14/h12-13,15-18H,2-11H2,1H3/t12-,13+,14-/m0/s1. The van der Waals surface area contributed by atoms with Crippen LogP contribution in [-0.4, -0.2) is 46.2 Å². The largest absolute Gasteiger partial charge is 0.394 e. The lowest BCUT2D eigenvalue weighted by Gasteiger charge is -2.31. The summed E-state index contributed by atoms with van der Waals surface area (Å²) in [5, 5.41) is 32.0. The maximum absolute atomic E-state index is 9.91. The highest BCUT2D eigenvalue weighted by molar-refractivity contribution is 5.04. The summed E-state index contributed by atoms with van der Waals surface area (Å²) in [4.78, 5) is 0. The summed E-state index contributed by atoms with van der Waals surface area (Å²) in [6.45, 7) is 2.47. The zero-order valence-corrected chi connectivity index (χ0v) is 11.6. The summed E-state index contributed by atoms with van der Waals surface area (Å²) in [6.07, 6.45) is 7.65. The van der Waals surface area contributed by atoms with Crippen LogP contribution in [-0.2, 0) is 0 Å². The summed E-state index contributed by atoms with van der Waals surface area (Å²) in [5.74, 6) is 0. The second-order valence-electron chi connectivity index (χ2n) is 5.58. The number of hydrogen-bond donors (Lipinski definition) is 4. The van der Waals surface area contributed by atoms with Crippen molar-refractivity contribution in [3.63, 3.8) is 0 Å². The highest BCUT2D eigenvalue weighted by atomic mass is 16.3. The van der Waals surface area contributed by atoms with Gasteiger partial charge in [-0.3, -0.25) is 0 Å². The van der Waals surface area contributed by atoms with Gasteiger partial charge in [-0.05, 0) is 6.42 Å². The molecule has 1 saturated heterocycles. The van der Waals surface area contributed by atoms with E-state index in [9.17, 15) is 15.3 Å². The molecule has 0 bridgehead atoms. The van der Waals surface area contributed by atoms with E-state index >= 15 is 0 Å². The zero-order valence-electron chi connectivity index (χ0n) is 11.6. The minimum Gasteiger partial charge on any atom is -0.394 e. The summed E-state index contributed by atoms with van der Waals surface area (Å²) in [5.41, 5.74) is -0.678. The van der Waals surface area contributed by atoms with E-state index in [0.717, 1.165) is 19.3 Å². The third kappa shape index (κ3) is 4.19. The van der Waals surface area contributed by atoms with Crippen LogP contribution in [0, 0.1) is 0 Å². The average Bonchev–Trinajstić information content (AvgIpc) is 2.67. The quantitative estimate of drug-likeness (QED) is 0.469. The van der Waals surface area contributed by atoms with Crippen LogP contribution in [0.4, 0.5) is 0 Å². The lowest BCUT2D eigenvalue weighted by atomic mass is 9.88. The Morgan fingerprint density at radius 1 is 1.06 bits per heavy atom. The minimum atomic E-state index is -0.845. The van der Waals surface area contributed by atoms with Gasteiger partial charge in [0.2, 0.25) is 0 Å². The number of hydrogen-bond acceptors (Lipinski definition) is 4. The van der Waals surface area contributed by atoms with Crippen LogP contribution in [0.25, 0.3) is 0 Å². The Hall–Kier alpha value is -0.160. The fourth-order valence-corrected chi connectivity index (χ4v) is 2.75. The van der Waals surface area contributed by atoms with Crippen LogP contribution in [0.2, 0.25) is 0 Å². The lowest BCUT2D eigenvalue weighted by Crippen LogP contribution is -2.52. The van der Waals surface area contributed by atoms with Gasteiger partial charge in [0.15, 0.2) is 0 Å². The zero-order chi connectivity index (χ0) is 13.4. The number of aliphatic hydroxyl groups is 3. The summed E-state index contributed by atoms with van der Waals surface area (Å²) in [6, 6.07) is 0. The van der Waals surface area contributed by atoms with E-state index in [1.165, 1.54) is 32.1 Å². The normalized spacial score (nSPS) is 32.0. The Balaban J connectivity index is 2.16. The van der Waals surface area contributed by atoms with E-state index < -0.39 is 17.7 Å². The second kappa shape index (κ2) is 8.10. The lowest BCUT2D eigenvalue weighted by molar-refractivity contribution is -0.0130. The first-order valence-corrected chi connectivity index (χ1v) is 7.38. The molecule has 0 aromatic rings. The molecule has 1 rings (SSSR count). The van der Waals surface area contributed by atoms with Crippen molar-refractivity contribution < 1.29 is 15.3 Å². The molecule has 0 unspecified atom stereocenters. The Labute approximate surface area is 110 Å². The molecule has 4 N–H and O–H groups in total. The first-order valence-electron chi connectivity index (χ1n) is 7.38. The summed E-state index contributed by atoms with van der Waals surface area (Å²) in [7, 11) is 0. The molecule has 0 aromatic heterocycles. The smallest absolute Gasteiger partial charge is 0.101 e. The molecular weight excluding hydrogens is 230 g/mol. The van der Waals surface area contributed by atoms with Crippen molar-refractivity contribution >= 4 is 0 Å². The Morgan fingerprint density at radius 3 is 2.17 bits per heavy atom. The molecule has 1 aliphatic heterocycles. The van der Waals surface area contributed by atoms with Crippen molar-refractivity contribution in [2.45, 2.75) is 76.0 Å². The molecule has 0 radical (unpaired) electrons. The summed E-state index contributed by atoms with van der Waals surface area (Å²) >= 11 is 0. The number of aliphatic hydroxyl groups excluding tert-OH is 3. The average molecular weight is 259 g/mol. The Bertz CT molecular complexity index is 225. The topological polar surface area (TPSA) is 72.7 Å². The third-order valence-corrected chi connectivity index (χ3v) is 4.10. The van der Waals surface area contributed by atoms with Crippen LogP contribution in [0.5, 0.6) is 0 Å². The number of nitrogens with one attached hydrogen (secondary N) is 1. The van der Waals surface area contributed by atoms with Gasteiger partial charge < -0.3 is 20.6 Å². The molecule has 3 atom stereocenters. The highest BCUT2D eigenvalue weighted by Crippen LogP contribution is 2.26. The molecule has 4 nitrogen and oxygen atoms in total. The molecule has 0 spiro atoms. The third-order valence-electron chi connectivity index (χ3n) is 4.10. The molecule has 18 heavy (non-hydrogen) atoms. The van der Waals surface area contributed by atoms with Crippen molar-refractivity contribution in [2.24, 2.45) is 0 Å². The van der Waals surface area contributed by atoms with Crippen LogP contribution in [0.3, 0.4) is 0 Å². The molecule has 108 valence electrons. The van der Waals surface area contributed by atoms with E-state index in [0.29, 0.717) is 6.54 Å². The molecule has 1 heterocycles. The number of rotatable bonds is 9. The molecule has 0 saturated carbocycles. The van der Waals surface area contributed by atoms with Gasteiger partial charge in [0, 0.05) is 6.54 Å². The van der Waals surface area contributed by atoms with Gasteiger partial charge in [-0.1, -0.05) is 51.9 Å². The van der Waals surface area contributed by atoms with Crippen LogP contribution in [0.15, 0.2) is 0 Å². The van der Waals surface area contributed by atoms with Crippen molar-refractivity contribution in [3.8, 4) is 0 Å². The van der Waals surface area contributed by atoms with Crippen molar-refractivity contribution in [1.82, 2.24) is 5.32 Å². The molecular formula is C14H29NO3. The van der Waals surface area contributed by atoms with Gasteiger partial charge in [-0.15, -0.1) is 0 Å². The second-order valence-corrected chi connectivity index (χ2v) is 5.58. The van der Waals surface area contributed by atoms with Gasteiger partial charge in [-0.2, -0.15) is 0 Å². The van der Waals surface area contributed by atoms with Crippen LogP contribution >= 0.6 is 0 Å². The molecule has 0 aromatic carbocycles. The monoisotopic (exact) mass is 259 g/mol. The molecule has 0 aliphatic carbocycles. The van der Waals surface area contributed by atoms with Crippen molar-refractivity contribution in [1.29, 1.82) is 0 Å². The first kappa shape index (κ1) is 15.9. The van der Waals surface area contributed by atoms with Crippen LogP contribution in [0.1, 0.15) is 58.3 Å². The maximum atomic E-state index is 9.91. The number of unbranched alkanes of at least 4 members (excludes halogenated alkanes) is 6. The predicted octanol–water partition coefficient (Wildman–Crippen LogP) is 1.18. The van der Waals surface area contributed by atoms with E-state index in [1.54, 1.807) is 0 Å². The Kier molecular flexibility index (Phi) is 7.15. The first-order chi connectivity index (χ1) is 8.66. The van der Waals surface area contributed by atoms with Gasteiger partial charge in [0.1, 0.15) is 6.10 Å². The fourth-order valence-electron chi connectivity index (χ4n) is 2.75. The van der Waals surface area contributed by atoms with Gasteiger partial charge in [0.05, 0.1) is 18.2 Å².